The quantitative estimate of drug-likeness (QED) is 0.176. The monoisotopic (exact) mass is 741 g/mol. The highest BCUT2D eigenvalue weighted by Gasteiger charge is 2.23. The van der Waals surface area contributed by atoms with E-state index in [1.54, 1.807) is 0 Å². The molecule has 0 amide bonds. The molecule has 12 aromatic rings. The highest BCUT2D eigenvalue weighted by atomic mass is 16.3. The number of benzene rings is 9. The van der Waals surface area contributed by atoms with Gasteiger partial charge in [-0.25, -0.2) is 15.0 Å². The van der Waals surface area contributed by atoms with Crippen LogP contribution in [0.3, 0.4) is 0 Å². The minimum atomic E-state index is 0.561. The zero-order chi connectivity index (χ0) is 38.2. The molecule has 0 saturated heterocycles. The molecule has 5 nitrogen and oxygen atoms in total. The van der Waals surface area contributed by atoms with E-state index in [1.165, 1.54) is 16.5 Å². The van der Waals surface area contributed by atoms with Gasteiger partial charge in [0, 0.05) is 43.8 Å². The Morgan fingerprint density at radius 2 is 0.845 bits per heavy atom. The van der Waals surface area contributed by atoms with Crippen molar-refractivity contribution in [1.82, 2.24) is 15.0 Å². The molecule has 12 rings (SSSR count). The molecule has 3 heterocycles. The summed E-state index contributed by atoms with van der Waals surface area (Å²) in [6, 6.07) is 65.1. The first-order chi connectivity index (χ1) is 28.7. The summed E-state index contributed by atoms with van der Waals surface area (Å²) in [4.78, 5) is 15.8. The minimum Gasteiger partial charge on any atom is -0.456 e. The van der Waals surface area contributed by atoms with Gasteiger partial charge in [-0.05, 0) is 74.6 Å². The summed E-state index contributed by atoms with van der Waals surface area (Å²) in [5.41, 5.74) is 10.3. The van der Waals surface area contributed by atoms with Crippen molar-refractivity contribution in [3.63, 3.8) is 0 Å². The summed E-state index contributed by atoms with van der Waals surface area (Å²) in [6.45, 7) is 0. The molecule has 0 radical (unpaired) electrons. The Kier molecular flexibility index (Phi) is 7.16. The van der Waals surface area contributed by atoms with Gasteiger partial charge in [0.05, 0.1) is 0 Å². The maximum absolute atomic E-state index is 6.85. The number of hydrogen-bond acceptors (Lipinski definition) is 5. The molecule has 270 valence electrons. The summed E-state index contributed by atoms with van der Waals surface area (Å²) in [6.07, 6.45) is 0. The van der Waals surface area contributed by atoms with Gasteiger partial charge in [0.2, 0.25) is 0 Å². The van der Waals surface area contributed by atoms with E-state index in [1.807, 2.05) is 42.5 Å². The predicted molar refractivity (Wildman–Crippen MR) is 237 cm³/mol. The Morgan fingerprint density at radius 3 is 1.64 bits per heavy atom. The fraction of sp³-hybridized carbons (Fsp3) is 0. The lowest BCUT2D eigenvalue weighted by Gasteiger charge is -2.14. The van der Waals surface area contributed by atoms with Crippen molar-refractivity contribution in [2.45, 2.75) is 0 Å². The number of fused-ring (bicyclic) bond motifs is 8. The van der Waals surface area contributed by atoms with Crippen LogP contribution < -0.4 is 0 Å². The molecule has 0 saturated carbocycles. The number of aromatic nitrogens is 3. The van der Waals surface area contributed by atoms with Crippen LogP contribution in [0.2, 0.25) is 0 Å². The Labute approximate surface area is 332 Å². The third-order valence-electron chi connectivity index (χ3n) is 11.4. The number of furan rings is 2. The van der Waals surface area contributed by atoms with E-state index in [9.17, 15) is 0 Å². The van der Waals surface area contributed by atoms with Crippen LogP contribution in [0.1, 0.15) is 0 Å². The van der Waals surface area contributed by atoms with Crippen LogP contribution in [0, 0.1) is 0 Å². The molecule has 0 fully saturated rings. The van der Waals surface area contributed by atoms with Gasteiger partial charge < -0.3 is 8.83 Å². The van der Waals surface area contributed by atoms with Crippen LogP contribution in [0.4, 0.5) is 0 Å². The third-order valence-corrected chi connectivity index (χ3v) is 11.4. The van der Waals surface area contributed by atoms with E-state index >= 15 is 0 Å². The van der Waals surface area contributed by atoms with E-state index in [2.05, 4.69) is 146 Å². The first-order valence-corrected chi connectivity index (χ1v) is 19.4. The van der Waals surface area contributed by atoms with Gasteiger partial charge in [0.25, 0.3) is 0 Å². The maximum atomic E-state index is 6.85. The van der Waals surface area contributed by atoms with Crippen molar-refractivity contribution < 1.29 is 8.83 Å². The first-order valence-electron chi connectivity index (χ1n) is 19.4. The molecule has 0 bridgehead atoms. The fourth-order valence-corrected chi connectivity index (χ4v) is 8.67. The van der Waals surface area contributed by atoms with Crippen molar-refractivity contribution in [3.05, 3.63) is 188 Å². The highest BCUT2D eigenvalue weighted by molar-refractivity contribution is 6.18. The Bertz CT molecular complexity index is 3580. The van der Waals surface area contributed by atoms with Gasteiger partial charge in [0.1, 0.15) is 22.3 Å². The normalized spacial score (nSPS) is 11.8. The van der Waals surface area contributed by atoms with Crippen LogP contribution in [0.5, 0.6) is 0 Å². The summed E-state index contributed by atoms with van der Waals surface area (Å²) in [7, 11) is 0. The minimum absolute atomic E-state index is 0.561. The van der Waals surface area contributed by atoms with Crippen LogP contribution in [0.25, 0.3) is 122 Å². The van der Waals surface area contributed by atoms with E-state index in [4.69, 9.17) is 23.8 Å². The lowest BCUT2D eigenvalue weighted by molar-refractivity contribution is 0.669. The van der Waals surface area contributed by atoms with Gasteiger partial charge >= 0.3 is 0 Å². The van der Waals surface area contributed by atoms with Crippen molar-refractivity contribution in [2.75, 3.05) is 0 Å². The highest BCUT2D eigenvalue weighted by Crippen LogP contribution is 2.45. The van der Waals surface area contributed by atoms with Crippen molar-refractivity contribution >= 4 is 65.4 Å². The second kappa shape index (κ2) is 12.8. The molecule has 9 aromatic carbocycles. The molecule has 0 N–H and O–H groups in total. The summed E-state index contributed by atoms with van der Waals surface area (Å²) < 4.78 is 13.2. The molecule has 0 atom stereocenters. The lowest BCUT2D eigenvalue weighted by Crippen LogP contribution is -2.01. The molecular formula is C53H31N3O2. The molecule has 0 unspecified atom stereocenters. The fourth-order valence-electron chi connectivity index (χ4n) is 8.67. The van der Waals surface area contributed by atoms with Crippen molar-refractivity contribution in [1.29, 1.82) is 0 Å². The van der Waals surface area contributed by atoms with Crippen molar-refractivity contribution in [3.8, 4) is 56.4 Å². The number of nitrogens with zero attached hydrogens (tertiary/aromatic N) is 3. The molecule has 0 aliphatic heterocycles. The average Bonchev–Trinajstić information content (AvgIpc) is 3.88. The molecule has 5 heteroatoms. The second-order valence-corrected chi connectivity index (χ2v) is 14.7. The third kappa shape index (κ3) is 5.07. The predicted octanol–water partition coefficient (Wildman–Crippen LogP) is 14.3. The standard InChI is InChI=1S/C53H31N3O2/c1-2-14-33(15-3-1)36-27-28-39(38-18-7-6-17-37(36)38)40-29-30-44(49-42-20-9-11-23-46(42)58-50(40)49)53-55-51(35-26-25-32-13-4-5-16-34(32)31-35)54-52(56-53)43-21-12-24-47-48(43)41-19-8-10-22-45(41)57-47/h1-31H. The zero-order valence-corrected chi connectivity index (χ0v) is 31.1. The van der Waals surface area contributed by atoms with Crippen LogP contribution in [-0.4, -0.2) is 15.0 Å². The zero-order valence-electron chi connectivity index (χ0n) is 31.1. The molecule has 3 aromatic heterocycles. The van der Waals surface area contributed by atoms with Gasteiger partial charge in [-0.15, -0.1) is 0 Å². The molecule has 58 heavy (non-hydrogen) atoms. The second-order valence-electron chi connectivity index (χ2n) is 14.7. The Hall–Kier alpha value is -7.89. The largest absolute Gasteiger partial charge is 0.456 e. The van der Waals surface area contributed by atoms with Gasteiger partial charge in [-0.1, -0.05) is 152 Å². The van der Waals surface area contributed by atoms with E-state index in [0.29, 0.717) is 17.5 Å². The molecule has 0 aliphatic carbocycles. The Morgan fingerprint density at radius 1 is 0.293 bits per heavy atom. The smallest absolute Gasteiger partial charge is 0.164 e. The van der Waals surface area contributed by atoms with E-state index in [0.717, 1.165) is 87.9 Å². The van der Waals surface area contributed by atoms with E-state index < -0.39 is 0 Å². The van der Waals surface area contributed by atoms with E-state index in [-0.39, 0.29) is 0 Å². The molecule has 0 aliphatic rings. The summed E-state index contributed by atoms with van der Waals surface area (Å²) in [5.74, 6) is 1.71. The first kappa shape index (κ1) is 32.4. The summed E-state index contributed by atoms with van der Waals surface area (Å²) in [5, 5.41) is 8.55. The molecule has 0 spiro atoms. The number of rotatable bonds is 5. The SMILES string of the molecule is c1ccc(-c2ccc(-c3ccc(-c4nc(-c5ccc6ccccc6c5)nc(-c5cccc6oc7ccccc7c56)n4)c4c3oc3ccccc34)c3ccccc23)cc1. The number of hydrogen-bond donors (Lipinski definition) is 0. The van der Waals surface area contributed by atoms with Crippen molar-refractivity contribution in [2.24, 2.45) is 0 Å². The number of para-hydroxylation sites is 2. The van der Waals surface area contributed by atoms with Gasteiger partial charge in [0.15, 0.2) is 17.5 Å². The van der Waals surface area contributed by atoms with Crippen LogP contribution in [0.15, 0.2) is 197 Å². The average molecular weight is 742 g/mol. The van der Waals surface area contributed by atoms with Gasteiger partial charge in [-0.2, -0.15) is 0 Å². The van der Waals surface area contributed by atoms with Crippen LogP contribution in [-0.2, 0) is 0 Å². The maximum Gasteiger partial charge on any atom is 0.164 e. The molecular weight excluding hydrogens is 711 g/mol. The lowest BCUT2D eigenvalue weighted by atomic mass is 9.90. The topological polar surface area (TPSA) is 65.0 Å². The van der Waals surface area contributed by atoms with Crippen LogP contribution >= 0.6 is 0 Å². The summed E-state index contributed by atoms with van der Waals surface area (Å²) >= 11 is 0. The Balaban J connectivity index is 1.13. The van der Waals surface area contributed by atoms with Gasteiger partial charge in [-0.3, -0.25) is 0 Å².